The van der Waals surface area contributed by atoms with E-state index in [1.165, 1.54) is 37.8 Å². The van der Waals surface area contributed by atoms with Crippen LogP contribution in [0.1, 0.15) is 57.2 Å². The number of nitrogens with one attached hydrogen (secondary N) is 1. The lowest BCUT2D eigenvalue weighted by molar-refractivity contribution is 0.509. The lowest BCUT2D eigenvalue weighted by Crippen LogP contribution is -2.27. The Morgan fingerprint density at radius 3 is 2.84 bits per heavy atom. The molecule has 0 aliphatic heterocycles. The average Bonchev–Trinajstić information content (AvgIpc) is 2.86. The Hall–Kier alpha value is -0.550. The Bertz CT molecular complexity index is 360. The van der Waals surface area contributed by atoms with Crippen molar-refractivity contribution in [2.45, 2.75) is 56.7 Å². The maximum atomic E-state index is 4.06. The van der Waals surface area contributed by atoms with Gasteiger partial charge >= 0.3 is 0 Å². The summed E-state index contributed by atoms with van der Waals surface area (Å²) in [5.41, 5.74) is 1.21. The molecule has 1 N–H and O–H groups in total. The average molecular weight is 282 g/mol. The highest BCUT2D eigenvalue weighted by Gasteiger charge is 2.19. The minimum absolute atomic E-state index is 0.381. The van der Waals surface area contributed by atoms with Crippen LogP contribution >= 0.6 is 11.8 Å². The largest absolute Gasteiger partial charge is 0.308 e. The highest BCUT2D eigenvalue weighted by molar-refractivity contribution is 7.99. The molecule has 1 heterocycles. The minimum Gasteiger partial charge on any atom is -0.308 e. The van der Waals surface area contributed by atoms with Gasteiger partial charge in [0.25, 0.3) is 0 Å². The van der Waals surface area contributed by atoms with Crippen molar-refractivity contribution in [2.24, 2.45) is 7.05 Å². The summed E-state index contributed by atoms with van der Waals surface area (Å²) in [7, 11) is 1.98. The maximum Gasteiger partial charge on any atom is 0.0761 e. The molecule has 0 amide bonds. The predicted molar refractivity (Wildman–Crippen MR) is 81.4 cm³/mol. The highest BCUT2D eigenvalue weighted by atomic mass is 32.2. The molecule has 1 unspecified atom stereocenters. The van der Waals surface area contributed by atoms with Crippen molar-refractivity contribution < 1.29 is 0 Å². The number of rotatable bonds is 7. The molecule has 0 spiro atoms. The number of aryl methyl sites for hydroxylation is 1. The van der Waals surface area contributed by atoms with E-state index < -0.39 is 0 Å². The molecule has 1 aromatic rings. The normalized spacial score (nSPS) is 18.6. The van der Waals surface area contributed by atoms with E-state index in [2.05, 4.69) is 34.3 Å². The van der Waals surface area contributed by atoms with Gasteiger partial charge in [0.2, 0.25) is 0 Å². The molecule has 1 saturated carbocycles. The molecule has 2 rings (SSSR count). The first kappa shape index (κ1) is 14.9. The van der Waals surface area contributed by atoms with E-state index in [1.54, 1.807) is 0 Å². The monoisotopic (exact) mass is 282 g/mol. The lowest BCUT2D eigenvalue weighted by atomic mass is 10.0. The van der Waals surface area contributed by atoms with Crippen molar-refractivity contribution in [3.63, 3.8) is 0 Å². The van der Waals surface area contributed by atoms with E-state index in [9.17, 15) is 0 Å². The van der Waals surface area contributed by atoms with Crippen LogP contribution in [-0.4, -0.2) is 32.5 Å². The summed E-state index contributed by atoms with van der Waals surface area (Å²) in [5.74, 6) is 1.13. The second kappa shape index (κ2) is 7.90. The first-order chi connectivity index (χ1) is 9.31. The zero-order valence-corrected chi connectivity index (χ0v) is 13.0. The summed E-state index contributed by atoms with van der Waals surface area (Å²) in [5, 5.41) is 12.6. The van der Waals surface area contributed by atoms with Gasteiger partial charge in [0, 0.05) is 18.1 Å². The Balaban J connectivity index is 1.88. The zero-order chi connectivity index (χ0) is 13.5. The fourth-order valence-corrected chi connectivity index (χ4v) is 4.06. The topological polar surface area (TPSA) is 42.7 Å². The number of thioether (sulfide) groups is 1. The summed E-state index contributed by atoms with van der Waals surface area (Å²) in [4.78, 5) is 0. The van der Waals surface area contributed by atoms with Crippen LogP contribution in [0.4, 0.5) is 0 Å². The van der Waals surface area contributed by atoms with E-state index in [0.717, 1.165) is 24.0 Å². The molecule has 19 heavy (non-hydrogen) atoms. The molecule has 1 aliphatic rings. The third-order valence-electron chi connectivity index (χ3n) is 3.80. The van der Waals surface area contributed by atoms with Crippen molar-refractivity contribution in [3.8, 4) is 0 Å². The fourth-order valence-electron chi connectivity index (χ4n) is 2.64. The molecule has 1 aromatic heterocycles. The smallest absolute Gasteiger partial charge is 0.0761 e. The van der Waals surface area contributed by atoms with E-state index in [1.807, 2.05) is 17.9 Å². The number of hydrogen-bond donors (Lipinski definition) is 1. The molecule has 108 valence electrons. The van der Waals surface area contributed by atoms with Crippen LogP contribution in [0, 0.1) is 0 Å². The Kier molecular flexibility index (Phi) is 6.17. The molecule has 5 heteroatoms. The highest BCUT2D eigenvalue weighted by Crippen LogP contribution is 2.30. The predicted octanol–water partition coefficient (Wildman–Crippen LogP) is 2.92. The molecule has 0 radical (unpaired) electrons. The number of aromatic nitrogens is 3. The van der Waals surface area contributed by atoms with Gasteiger partial charge in [-0.25, -0.2) is 0 Å². The van der Waals surface area contributed by atoms with Crippen LogP contribution in [0.2, 0.25) is 0 Å². The van der Waals surface area contributed by atoms with Crippen LogP contribution < -0.4 is 5.32 Å². The van der Waals surface area contributed by atoms with E-state index in [-0.39, 0.29) is 0 Å². The van der Waals surface area contributed by atoms with E-state index >= 15 is 0 Å². The maximum absolute atomic E-state index is 4.06. The summed E-state index contributed by atoms with van der Waals surface area (Å²) >= 11 is 2.13. The van der Waals surface area contributed by atoms with Gasteiger partial charge in [0.05, 0.1) is 17.9 Å². The van der Waals surface area contributed by atoms with E-state index in [4.69, 9.17) is 0 Å². The summed E-state index contributed by atoms with van der Waals surface area (Å²) in [6.07, 6.45) is 10.1. The lowest BCUT2D eigenvalue weighted by Gasteiger charge is -2.24. The van der Waals surface area contributed by atoms with Crippen LogP contribution in [0.5, 0.6) is 0 Å². The molecule has 1 atom stereocenters. The third kappa shape index (κ3) is 4.49. The van der Waals surface area contributed by atoms with Gasteiger partial charge in [0.15, 0.2) is 0 Å². The number of hydrogen-bond acceptors (Lipinski definition) is 4. The molecule has 0 bridgehead atoms. The molecule has 0 aromatic carbocycles. The quantitative estimate of drug-likeness (QED) is 0.835. The van der Waals surface area contributed by atoms with Crippen LogP contribution in [0.15, 0.2) is 6.20 Å². The van der Waals surface area contributed by atoms with Crippen molar-refractivity contribution in [1.29, 1.82) is 0 Å². The minimum atomic E-state index is 0.381. The second-order valence-corrected chi connectivity index (χ2v) is 6.72. The zero-order valence-electron chi connectivity index (χ0n) is 12.1. The molecular weight excluding hydrogens is 256 g/mol. The summed E-state index contributed by atoms with van der Waals surface area (Å²) in [6.45, 7) is 3.26. The Labute approximate surface area is 120 Å². The standard InChI is InChI=1S/C14H26N4S/c1-3-9-15-13(14-10-16-17-18(14)2)11-19-12-7-5-4-6-8-12/h10,12-13,15H,3-9,11H2,1-2H3. The molecule has 4 nitrogen and oxygen atoms in total. The molecule has 1 aliphatic carbocycles. The van der Waals surface area contributed by atoms with Gasteiger partial charge in [-0.2, -0.15) is 11.8 Å². The van der Waals surface area contributed by atoms with Gasteiger partial charge < -0.3 is 5.32 Å². The van der Waals surface area contributed by atoms with Crippen molar-refractivity contribution in [3.05, 3.63) is 11.9 Å². The van der Waals surface area contributed by atoms with Crippen molar-refractivity contribution in [2.75, 3.05) is 12.3 Å². The van der Waals surface area contributed by atoms with Crippen LogP contribution in [0.25, 0.3) is 0 Å². The molecule has 1 fully saturated rings. The first-order valence-corrected chi connectivity index (χ1v) is 8.55. The molecular formula is C14H26N4S. The number of nitrogens with zero attached hydrogens (tertiary/aromatic N) is 3. The van der Waals surface area contributed by atoms with Crippen LogP contribution in [-0.2, 0) is 7.05 Å². The van der Waals surface area contributed by atoms with Gasteiger partial charge in [-0.1, -0.05) is 31.4 Å². The van der Waals surface area contributed by atoms with Gasteiger partial charge in [-0.05, 0) is 25.8 Å². The first-order valence-electron chi connectivity index (χ1n) is 7.50. The van der Waals surface area contributed by atoms with Gasteiger partial charge in [0.1, 0.15) is 0 Å². The molecule has 0 saturated heterocycles. The van der Waals surface area contributed by atoms with Gasteiger partial charge in [-0.15, -0.1) is 5.10 Å². The SMILES string of the molecule is CCCNC(CSC1CCCCC1)c1cnnn1C. The van der Waals surface area contributed by atoms with Crippen molar-refractivity contribution in [1.82, 2.24) is 20.3 Å². The van der Waals surface area contributed by atoms with E-state index in [0.29, 0.717) is 6.04 Å². The summed E-state index contributed by atoms with van der Waals surface area (Å²) in [6, 6.07) is 0.381. The van der Waals surface area contributed by atoms with Crippen LogP contribution in [0.3, 0.4) is 0 Å². The summed E-state index contributed by atoms with van der Waals surface area (Å²) < 4.78 is 1.90. The van der Waals surface area contributed by atoms with Gasteiger partial charge in [-0.3, -0.25) is 4.68 Å². The Morgan fingerprint density at radius 1 is 1.42 bits per heavy atom. The second-order valence-electron chi connectivity index (χ2n) is 5.38. The third-order valence-corrected chi connectivity index (χ3v) is 5.27. The fraction of sp³-hybridized carbons (Fsp3) is 0.857. The Morgan fingerprint density at radius 2 is 2.21 bits per heavy atom. The van der Waals surface area contributed by atoms with Crippen molar-refractivity contribution >= 4 is 11.8 Å².